The monoisotopic (exact) mass is 1020 g/mol. The van der Waals surface area contributed by atoms with Crippen LogP contribution in [-0.2, 0) is 19.1 Å². The largest absolute Gasteiger partial charge is 0.400 e. The van der Waals surface area contributed by atoms with Gasteiger partial charge in [0.05, 0.1) is 19.8 Å². The molecule has 11 aliphatic rings. The molecular weight excluding hydrogens is 921 g/mol. The van der Waals surface area contributed by atoms with E-state index in [4.69, 9.17) is 14.6 Å². The fourth-order valence-electron chi connectivity index (χ4n) is 22.8. The molecule has 0 bridgehead atoms. The number of aliphatic hydroxyl groups excluding tert-OH is 4. The van der Waals surface area contributed by atoms with Crippen molar-refractivity contribution in [3.63, 3.8) is 0 Å². The van der Waals surface area contributed by atoms with E-state index in [-0.39, 0.29) is 80.3 Å². The number of carbonyl (C=O) groups is 2. The van der Waals surface area contributed by atoms with Gasteiger partial charge in [-0.2, -0.15) is 0 Å². The third-order valence-corrected chi connectivity index (χ3v) is 27.2. The van der Waals surface area contributed by atoms with Crippen LogP contribution in [0.15, 0.2) is 48.6 Å². The molecule has 0 aromatic rings. The summed E-state index contributed by atoms with van der Waals surface area (Å²) in [6.45, 7) is 34.9. The molecule has 416 valence electrons. The van der Waals surface area contributed by atoms with Crippen LogP contribution in [0.1, 0.15) is 191 Å². The maximum absolute atomic E-state index is 13.0. The van der Waals surface area contributed by atoms with Crippen LogP contribution in [0.3, 0.4) is 0 Å². The highest BCUT2D eigenvalue weighted by molar-refractivity contribution is 5.96. The number of aliphatic hydroxyl groups is 4. The van der Waals surface area contributed by atoms with Crippen LogP contribution in [-0.4, -0.2) is 78.4 Å². The van der Waals surface area contributed by atoms with Crippen molar-refractivity contribution in [3.8, 4) is 0 Å². The first-order valence-corrected chi connectivity index (χ1v) is 30.2. The zero-order valence-electron chi connectivity index (χ0n) is 48.5. The summed E-state index contributed by atoms with van der Waals surface area (Å²) in [5, 5.41) is 37.9. The van der Waals surface area contributed by atoms with Crippen LogP contribution in [0.5, 0.6) is 0 Å². The molecule has 4 N–H and O–H groups in total. The summed E-state index contributed by atoms with van der Waals surface area (Å²) in [5.74, 6) is 5.47. The van der Waals surface area contributed by atoms with Gasteiger partial charge in [0.1, 0.15) is 0 Å². The lowest BCUT2D eigenvalue weighted by Gasteiger charge is -2.71. The van der Waals surface area contributed by atoms with Crippen LogP contribution >= 0.6 is 0 Å². The average molecular weight is 1030 g/mol. The SMILES string of the molecule is C=C(CO)[C@@H]1CC[C@]2(CO)CC[C@]3(C)[C@H](CC[C@@H]4[C@@]5(C)C=CC(=O)C(C)(C)[C@@H]5CC[C@]43C)[C@@H]12.C=C(CO)[C@@H]1CC[C@]2(COC3CCCCO3)CC[C@]3(C)[C@H](CC[C@@H]4[C@@]5(C)C=CC(=O)C(C)(C)[C@@H]5CC[C@]43C)[C@@H]12.CO. The maximum Gasteiger partial charge on any atom is 0.161 e. The van der Waals surface area contributed by atoms with E-state index in [1.54, 1.807) is 0 Å². The molecule has 0 amide bonds. The van der Waals surface area contributed by atoms with Crippen molar-refractivity contribution in [2.45, 2.75) is 198 Å². The first kappa shape index (κ1) is 56.8. The van der Waals surface area contributed by atoms with E-state index in [1.165, 1.54) is 70.6 Å². The van der Waals surface area contributed by atoms with E-state index in [0.29, 0.717) is 70.7 Å². The minimum Gasteiger partial charge on any atom is -0.400 e. The standard InChI is InChI=1S/C35H54O4.C30H46O3.CH4O/c1-23(21-36)24-12-17-35(22-39-29-9-7-8-20-38-29)19-18-33(5)25(30(24)35)10-11-27-32(4)15-14-28(37)31(2,3)26(32)13-16-34(27,33)6;1-19(17-31)20-9-14-30(18-32)16-15-28(5)21(25(20)30)7-8-23-27(4)12-11-24(33)26(2,3)22(27)10-13-29(23,28)6;1-2/h14-15,24-27,29-30,36H,1,7-13,16-22H2,2-6H3;11-12,20-23,25,31-32H,1,7-10,13-18H2,2-6H3;2H,1H3/t24-,25+,26-,27+,29?,30+,32-,33+,34+,35+;20-,21+,22-,23+,25+,27-,28+,29+,30+;/m00./s1. The number of hydrogen-bond donors (Lipinski definition) is 4. The molecule has 1 heterocycles. The van der Waals surface area contributed by atoms with Gasteiger partial charge in [0, 0.05) is 31.2 Å². The Bertz CT molecular complexity index is 2220. The number of fused-ring (bicyclic) bond motifs is 14. The number of ketones is 2. The summed E-state index contributed by atoms with van der Waals surface area (Å²) in [6.07, 6.45) is 30.5. The van der Waals surface area contributed by atoms with Gasteiger partial charge in [0.15, 0.2) is 17.9 Å². The molecule has 8 nitrogen and oxygen atoms in total. The Morgan fingerprint density at radius 3 is 1.42 bits per heavy atom. The number of allylic oxidation sites excluding steroid dienone is 4. The first-order valence-electron chi connectivity index (χ1n) is 30.2. The first-order chi connectivity index (χ1) is 34.8. The summed E-state index contributed by atoms with van der Waals surface area (Å²) < 4.78 is 12.6. The van der Waals surface area contributed by atoms with E-state index < -0.39 is 0 Å². The second-order valence-corrected chi connectivity index (χ2v) is 29.9. The minimum absolute atomic E-state index is 0.0103. The Morgan fingerprint density at radius 2 is 0.986 bits per heavy atom. The molecule has 1 unspecified atom stereocenters. The lowest BCUT2D eigenvalue weighted by Crippen LogP contribution is -2.65. The second kappa shape index (κ2) is 19.7. The molecule has 8 heteroatoms. The minimum atomic E-state index is -0.281. The Balaban J connectivity index is 0.000000178. The Kier molecular flexibility index (Phi) is 15.1. The third-order valence-electron chi connectivity index (χ3n) is 27.2. The van der Waals surface area contributed by atoms with Gasteiger partial charge in [-0.1, -0.05) is 94.5 Å². The van der Waals surface area contributed by atoms with Crippen LogP contribution in [0.25, 0.3) is 0 Å². The molecule has 11 rings (SSSR count). The van der Waals surface area contributed by atoms with Gasteiger partial charge in [-0.15, -0.1) is 0 Å². The van der Waals surface area contributed by atoms with Crippen LogP contribution in [0, 0.1) is 113 Å². The fraction of sp³-hybridized carbons (Fsp3) is 0.848. The van der Waals surface area contributed by atoms with Crippen LogP contribution < -0.4 is 0 Å². The predicted octanol–water partition coefficient (Wildman–Crippen LogP) is 13.1. The molecule has 0 aromatic carbocycles. The average Bonchev–Trinajstić information content (AvgIpc) is 3.98. The molecule has 0 radical (unpaired) electrons. The van der Waals surface area contributed by atoms with Gasteiger partial charge in [-0.3, -0.25) is 9.59 Å². The molecule has 74 heavy (non-hydrogen) atoms. The predicted molar refractivity (Wildman–Crippen MR) is 295 cm³/mol. The van der Waals surface area contributed by atoms with Gasteiger partial charge in [0.25, 0.3) is 0 Å². The molecule has 19 atom stereocenters. The van der Waals surface area contributed by atoms with Gasteiger partial charge >= 0.3 is 0 Å². The van der Waals surface area contributed by atoms with Gasteiger partial charge in [-0.05, 0) is 248 Å². The van der Waals surface area contributed by atoms with Crippen molar-refractivity contribution in [3.05, 3.63) is 48.6 Å². The lowest BCUT2D eigenvalue weighted by molar-refractivity contribution is -0.235. The Labute approximate surface area is 448 Å². The number of rotatable bonds is 8. The van der Waals surface area contributed by atoms with Crippen LogP contribution in [0.2, 0.25) is 0 Å². The van der Waals surface area contributed by atoms with Crippen molar-refractivity contribution >= 4 is 11.6 Å². The summed E-state index contributed by atoms with van der Waals surface area (Å²) in [4.78, 5) is 25.8. The number of ether oxygens (including phenoxy) is 2. The molecular formula is C66H104O8. The summed E-state index contributed by atoms with van der Waals surface area (Å²) in [6, 6.07) is 0. The van der Waals surface area contributed by atoms with E-state index in [0.717, 1.165) is 82.8 Å². The summed E-state index contributed by atoms with van der Waals surface area (Å²) in [7, 11) is 1.00. The molecule has 8 saturated carbocycles. The maximum atomic E-state index is 13.0. The highest BCUT2D eigenvalue weighted by atomic mass is 16.7. The molecule has 1 aliphatic heterocycles. The molecule has 10 aliphatic carbocycles. The van der Waals surface area contributed by atoms with E-state index >= 15 is 0 Å². The number of hydrogen-bond acceptors (Lipinski definition) is 8. The second-order valence-electron chi connectivity index (χ2n) is 29.9. The fourth-order valence-corrected chi connectivity index (χ4v) is 22.8. The van der Waals surface area contributed by atoms with Gasteiger partial charge < -0.3 is 29.9 Å². The van der Waals surface area contributed by atoms with E-state index in [1.807, 2.05) is 12.2 Å². The van der Waals surface area contributed by atoms with Crippen molar-refractivity contribution in [2.75, 3.05) is 40.1 Å². The number of carbonyl (C=O) groups excluding carboxylic acids is 2. The van der Waals surface area contributed by atoms with Crippen molar-refractivity contribution in [1.82, 2.24) is 0 Å². The molecule has 1 saturated heterocycles. The summed E-state index contributed by atoms with van der Waals surface area (Å²) in [5.41, 5.74) is 2.67. The van der Waals surface area contributed by atoms with Crippen molar-refractivity contribution in [1.29, 1.82) is 0 Å². The summed E-state index contributed by atoms with van der Waals surface area (Å²) >= 11 is 0. The van der Waals surface area contributed by atoms with Gasteiger partial charge in [-0.25, -0.2) is 0 Å². The smallest absolute Gasteiger partial charge is 0.161 e. The topological polar surface area (TPSA) is 134 Å². The zero-order valence-corrected chi connectivity index (χ0v) is 48.5. The van der Waals surface area contributed by atoms with Gasteiger partial charge in [0.2, 0.25) is 0 Å². The van der Waals surface area contributed by atoms with Crippen molar-refractivity contribution < 1.29 is 39.5 Å². The lowest BCUT2D eigenvalue weighted by atomic mass is 9.33. The quantitative estimate of drug-likeness (QED) is 0.177. The molecule has 9 fully saturated rings. The zero-order chi connectivity index (χ0) is 53.9. The van der Waals surface area contributed by atoms with E-state index in [9.17, 15) is 24.9 Å². The van der Waals surface area contributed by atoms with Crippen molar-refractivity contribution in [2.24, 2.45) is 113 Å². The highest BCUT2D eigenvalue weighted by Gasteiger charge is 2.73. The van der Waals surface area contributed by atoms with E-state index in [2.05, 4.69) is 94.5 Å². The Hall–Kier alpha value is -1.94. The molecule has 0 aromatic heterocycles. The highest BCUT2D eigenvalue weighted by Crippen LogP contribution is 2.79. The third kappa shape index (κ3) is 7.95. The Morgan fingerprint density at radius 1 is 0.541 bits per heavy atom. The normalized spacial score (nSPS) is 50.1. The molecule has 0 spiro atoms. The van der Waals surface area contributed by atoms with Crippen LogP contribution in [0.4, 0.5) is 0 Å².